The van der Waals surface area contributed by atoms with Crippen molar-refractivity contribution < 1.29 is 5.11 Å². The predicted octanol–water partition coefficient (Wildman–Crippen LogP) is 5.12. The second-order valence-electron chi connectivity index (χ2n) is 9.01. The van der Waals surface area contributed by atoms with Crippen LogP contribution in [-0.4, -0.2) is 41.8 Å². The summed E-state index contributed by atoms with van der Waals surface area (Å²) in [6, 6.07) is 12.2. The normalized spacial score (nSPS) is 18.6. The van der Waals surface area contributed by atoms with Gasteiger partial charge in [0.25, 0.3) is 0 Å². The molecule has 2 aromatic carbocycles. The van der Waals surface area contributed by atoms with Gasteiger partial charge >= 0.3 is 0 Å². The van der Waals surface area contributed by atoms with Crippen LogP contribution in [0.2, 0.25) is 5.02 Å². The molecule has 4 rings (SSSR count). The highest BCUT2D eigenvalue weighted by atomic mass is 35.5. The molecule has 0 aliphatic heterocycles. The standard InChI is InChI=1S/C25H32ClN5O/c1-16-12-19(26)13-18(23(16)32)15-27-14-17-8-10-20(11-9-17)28-25-29-22-7-5-4-6-21(22)24(30-25)31(2)3/h4-7,12-13,17,20,27,32H,8-11,14-15H2,1-3H3,(H,28,29,30). The molecule has 1 aliphatic carbocycles. The van der Waals surface area contributed by atoms with E-state index < -0.39 is 0 Å². The van der Waals surface area contributed by atoms with Crippen LogP contribution < -0.4 is 15.5 Å². The number of halogens is 1. The van der Waals surface area contributed by atoms with Crippen LogP contribution in [0.15, 0.2) is 36.4 Å². The number of phenols is 1. The molecule has 3 aromatic rings. The van der Waals surface area contributed by atoms with E-state index in [2.05, 4.69) is 16.7 Å². The van der Waals surface area contributed by atoms with Gasteiger partial charge < -0.3 is 20.6 Å². The summed E-state index contributed by atoms with van der Waals surface area (Å²) in [5.74, 6) is 2.61. The van der Waals surface area contributed by atoms with Crippen LogP contribution >= 0.6 is 11.6 Å². The number of benzene rings is 2. The second kappa shape index (κ2) is 9.92. The first-order valence-corrected chi connectivity index (χ1v) is 11.7. The topological polar surface area (TPSA) is 73.3 Å². The zero-order valence-corrected chi connectivity index (χ0v) is 19.8. The van der Waals surface area contributed by atoms with Gasteiger partial charge in [-0.3, -0.25) is 0 Å². The molecule has 1 saturated carbocycles. The summed E-state index contributed by atoms with van der Waals surface area (Å²) in [4.78, 5) is 11.6. The van der Waals surface area contributed by atoms with Crippen molar-refractivity contribution in [3.8, 4) is 5.75 Å². The molecule has 3 N–H and O–H groups in total. The molecule has 1 fully saturated rings. The van der Waals surface area contributed by atoms with Crippen molar-refractivity contribution >= 4 is 34.3 Å². The molecule has 0 saturated heterocycles. The van der Waals surface area contributed by atoms with Crippen molar-refractivity contribution in [1.82, 2.24) is 15.3 Å². The third-order valence-electron chi connectivity index (χ3n) is 6.28. The zero-order chi connectivity index (χ0) is 22.7. The number of fused-ring (bicyclic) bond motifs is 1. The molecule has 0 bridgehead atoms. The third-order valence-corrected chi connectivity index (χ3v) is 6.50. The molecule has 7 heteroatoms. The van der Waals surface area contributed by atoms with E-state index in [0.717, 1.165) is 60.1 Å². The van der Waals surface area contributed by atoms with Crippen LogP contribution in [0.3, 0.4) is 0 Å². The largest absolute Gasteiger partial charge is 0.507 e. The predicted molar refractivity (Wildman–Crippen MR) is 133 cm³/mol. The van der Waals surface area contributed by atoms with Crippen molar-refractivity contribution in [2.24, 2.45) is 5.92 Å². The maximum absolute atomic E-state index is 10.2. The Balaban J connectivity index is 1.30. The minimum atomic E-state index is 0.335. The van der Waals surface area contributed by atoms with Crippen molar-refractivity contribution in [3.63, 3.8) is 0 Å². The maximum Gasteiger partial charge on any atom is 0.225 e. The van der Waals surface area contributed by atoms with Crippen LogP contribution in [-0.2, 0) is 6.54 Å². The summed E-state index contributed by atoms with van der Waals surface area (Å²) in [7, 11) is 4.03. The fourth-order valence-electron chi connectivity index (χ4n) is 4.51. The summed E-state index contributed by atoms with van der Waals surface area (Å²) in [6.45, 7) is 3.44. The highest BCUT2D eigenvalue weighted by Crippen LogP contribution is 2.29. The van der Waals surface area contributed by atoms with E-state index in [1.807, 2.05) is 50.2 Å². The molecule has 0 atom stereocenters. The van der Waals surface area contributed by atoms with Gasteiger partial charge in [-0.2, -0.15) is 4.98 Å². The smallest absolute Gasteiger partial charge is 0.225 e. The van der Waals surface area contributed by atoms with E-state index in [1.54, 1.807) is 6.07 Å². The number of aromatic hydroxyl groups is 1. The molecule has 1 aliphatic rings. The fraction of sp³-hybridized carbons (Fsp3) is 0.440. The van der Waals surface area contributed by atoms with E-state index in [-0.39, 0.29) is 0 Å². The van der Waals surface area contributed by atoms with E-state index in [9.17, 15) is 5.11 Å². The molecule has 6 nitrogen and oxygen atoms in total. The van der Waals surface area contributed by atoms with Crippen LogP contribution in [0.1, 0.15) is 36.8 Å². The number of nitrogens with one attached hydrogen (secondary N) is 2. The van der Waals surface area contributed by atoms with Gasteiger partial charge in [-0.1, -0.05) is 23.7 Å². The van der Waals surface area contributed by atoms with Crippen LogP contribution in [0.4, 0.5) is 11.8 Å². The Hall–Kier alpha value is -2.57. The number of nitrogens with zero attached hydrogens (tertiary/aromatic N) is 3. The number of para-hydroxylation sites is 1. The summed E-state index contributed by atoms with van der Waals surface area (Å²) in [5, 5.41) is 19.0. The van der Waals surface area contributed by atoms with Gasteiger partial charge in [-0.15, -0.1) is 0 Å². The molecule has 1 aromatic heterocycles. The van der Waals surface area contributed by atoms with Crippen LogP contribution in [0, 0.1) is 12.8 Å². The molecule has 0 spiro atoms. The average Bonchev–Trinajstić information content (AvgIpc) is 2.77. The minimum absolute atomic E-state index is 0.335. The number of aryl methyl sites for hydroxylation is 1. The lowest BCUT2D eigenvalue weighted by molar-refractivity contribution is 0.323. The van der Waals surface area contributed by atoms with E-state index in [0.29, 0.717) is 35.2 Å². The van der Waals surface area contributed by atoms with Gasteiger partial charge in [0, 0.05) is 42.7 Å². The SMILES string of the molecule is Cc1cc(Cl)cc(CNCC2CCC(Nc3nc(N(C)C)c4ccccc4n3)CC2)c1O. The monoisotopic (exact) mass is 453 g/mol. The first-order valence-electron chi connectivity index (χ1n) is 11.3. The van der Waals surface area contributed by atoms with Gasteiger partial charge in [0.2, 0.25) is 5.95 Å². The molecular weight excluding hydrogens is 422 g/mol. The summed E-state index contributed by atoms with van der Waals surface area (Å²) in [5.41, 5.74) is 2.64. The number of rotatable bonds is 7. The lowest BCUT2D eigenvalue weighted by atomic mass is 9.86. The van der Waals surface area contributed by atoms with Crippen molar-refractivity contribution in [2.75, 3.05) is 30.9 Å². The van der Waals surface area contributed by atoms with Gasteiger partial charge in [0.05, 0.1) is 5.52 Å². The molecule has 0 amide bonds. The number of aromatic nitrogens is 2. The first-order chi connectivity index (χ1) is 15.4. The van der Waals surface area contributed by atoms with Gasteiger partial charge in [0.1, 0.15) is 11.6 Å². The quantitative estimate of drug-likeness (QED) is 0.461. The Bertz CT molecular complexity index is 1080. The molecule has 0 unspecified atom stereocenters. The Kier molecular flexibility index (Phi) is 7.01. The van der Waals surface area contributed by atoms with Crippen LogP contribution in [0.5, 0.6) is 5.75 Å². The van der Waals surface area contributed by atoms with E-state index in [1.165, 1.54) is 0 Å². The summed E-state index contributed by atoms with van der Waals surface area (Å²) < 4.78 is 0. The molecule has 0 radical (unpaired) electrons. The zero-order valence-electron chi connectivity index (χ0n) is 19.0. The Labute approximate surface area is 195 Å². The average molecular weight is 454 g/mol. The third kappa shape index (κ3) is 5.25. The Morgan fingerprint density at radius 2 is 1.84 bits per heavy atom. The molecule has 1 heterocycles. The first kappa shape index (κ1) is 22.6. The van der Waals surface area contributed by atoms with Gasteiger partial charge in [-0.25, -0.2) is 4.98 Å². The molecule has 170 valence electrons. The summed E-state index contributed by atoms with van der Waals surface area (Å²) in [6.07, 6.45) is 4.50. The molecule has 32 heavy (non-hydrogen) atoms. The fourth-order valence-corrected chi connectivity index (χ4v) is 4.80. The number of anilines is 2. The van der Waals surface area contributed by atoms with E-state index >= 15 is 0 Å². The Morgan fingerprint density at radius 1 is 1.09 bits per heavy atom. The Morgan fingerprint density at radius 3 is 2.59 bits per heavy atom. The lowest BCUT2D eigenvalue weighted by Gasteiger charge is -2.29. The molecular formula is C25H32ClN5O. The van der Waals surface area contributed by atoms with Crippen molar-refractivity contribution in [2.45, 2.75) is 45.2 Å². The highest BCUT2D eigenvalue weighted by molar-refractivity contribution is 6.30. The number of hydrogen-bond acceptors (Lipinski definition) is 6. The van der Waals surface area contributed by atoms with E-state index in [4.69, 9.17) is 21.6 Å². The minimum Gasteiger partial charge on any atom is -0.507 e. The number of hydrogen-bond donors (Lipinski definition) is 3. The van der Waals surface area contributed by atoms with Crippen molar-refractivity contribution in [1.29, 1.82) is 0 Å². The van der Waals surface area contributed by atoms with Crippen molar-refractivity contribution in [3.05, 3.63) is 52.5 Å². The van der Waals surface area contributed by atoms with Gasteiger partial charge in [-0.05, 0) is 74.9 Å². The van der Waals surface area contributed by atoms with Crippen LogP contribution in [0.25, 0.3) is 10.9 Å². The summed E-state index contributed by atoms with van der Waals surface area (Å²) >= 11 is 6.13. The maximum atomic E-state index is 10.2. The number of phenolic OH excluding ortho intramolecular Hbond substituents is 1. The second-order valence-corrected chi connectivity index (χ2v) is 9.44. The van der Waals surface area contributed by atoms with Gasteiger partial charge in [0.15, 0.2) is 0 Å². The highest BCUT2D eigenvalue weighted by Gasteiger charge is 2.22. The lowest BCUT2D eigenvalue weighted by Crippen LogP contribution is -2.31.